The van der Waals surface area contributed by atoms with E-state index in [0.29, 0.717) is 6.42 Å². The molecule has 0 atom stereocenters. The summed E-state index contributed by atoms with van der Waals surface area (Å²) in [4.78, 5) is 0. The second-order valence-corrected chi connectivity index (χ2v) is 3.17. The summed E-state index contributed by atoms with van der Waals surface area (Å²) in [6.45, 7) is 3.56. The van der Waals surface area contributed by atoms with Gasteiger partial charge in [0, 0.05) is 6.42 Å². The van der Waals surface area contributed by atoms with Crippen LogP contribution in [0.25, 0.3) is 0 Å². The molecule has 62 valence electrons. The van der Waals surface area contributed by atoms with Gasteiger partial charge in [-0.15, -0.1) is 0 Å². The van der Waals surface area contributed by atoms with Crippen LogP contribution >= 0.6 is 34.8 Å². The Balaban J connectivity index is 0. The third-order valence-corrected chi connectivity index (χ3v) is 1.34. The zero-order chi connectivity index (χ0) is 8.62. The summed E-state index contributed by atoms with van der Waals surface area (Å²) in [6, 6.07) is 0. The fraction of sp³-hybridized carbons (Fsp3) is 0.667. The predicted molar refractivity (Wildman–Crippen MR) is 47.6 cm³/mol. The van der Waals surface area contributed by atoms with Crippen LogP contribution in [0.1, 0.15) is 20.3 Å². The highest BCUT2D eigenvalue weighted by atomic mass is 35.5. The molecule has 0 fully saturated rings. The number of rotatable bonds is 1. The first-order valence-electron chi connectivity index (χ1n) is 2.79. The first-order chi connectivity index (χ1) is 4.47. The number of hydrogen-bond acceptors (Lipinski definition) is 1. The molecule has 0 aliphatic carbocycles. The minimum atomic E-state index is -1.51. The SMILES string of the molecule is CC=CCl.CCC(O)(Cl)Cl. The van der Waals surface area contributed by atoms with Gasteiger partial charge in [-0.25, -0.2) is 0 Å². The Hall–Kier alpha value is 0.570. The smallest absolute Gasteiger partial charge is 0.214 e. The van der Waals surface area contributed by atoms with Gasteiger partial charge in [0.05, 0.1) is 0 Å². The average molecular weight is 206 g/mol. The van der Waals surface area contributed by atoms with Crippen LogP contribution in [0.15, 0.2) is 11.6 Å². The maximum Gasteiger partial charge on any atom is 0.214 e. The molecule has 0 aromatic carbocycles. The van der Waals surface area contributed by atoms with Crippen LogP contribution in [-0.2, 0) is 0 Å². The molecule has 0 aromatic heterocycles. The van der Waals surface area contributed by atoms with Crippen molar-refractivity contribution in [1.82, 2.24) is 0 Å². The van der Waals surface area contributed by atoms with Gasteiger partial charge in [0.2, 0.25) is 4.52 Å². The van der Waals surface area contributed by atoms with Gasteiger partial charge in [-0.2, -0.15) is 0 Å². The lowest BCUT2D eigenvalue weighted by molar-refractivity contribution is 0.210. The van der Waals surface area contributed by atoms with E-state index in [-0.39, 0.29) is 0 Å². The summed E-state index contributed by atoms with van der Waals surface area (Å²) in [6.07, 6.45) is 2.12. The van der Waals surface area contributed by atoms with E-state index >= 15 is 0 Å². The summed E-state index contributed by atoms with van der Waals surface area (Å²) >= 11 is 15.1. The number of allylic oxidation sites excluding steroid dienone is 1. The monoisotopic (exact) mass is 204 g/mol. The van der Waals surface area contributed by atoms with Crippen molar-refractivity contribution in [2.45, 2.75) is 24.8 Å². The summed E-state index contributed by atoms with van der Waals surface area (Å²) in [7, 11) is 0. The third-order valence-electron chi connectivity index (χ3n) is 0.551. The summed E-state index contributed by atoms with van der Waals surface area (Å²) in [5.41, 5.74) is 1.47. The Morgan fingerprint density at radius 2 is 1.70 bits per heavy atom. The number of alkyl halides is 2. The van der Waals surface area contributed by atoms with Gasteiger partial charge in [0.1, 0.15) is 0 Å². The predicted octanol–water partition coefficient (Wildman–Crippen LogP) is 3.28. The van der Waals surface area contributed by atoms with Crippen molar-refractivity contribution < 1.29 is 5.11 Å². The van der Waals surface area contributed by atoms with Crippen molar-refractivity contribution in [2.75, 3.05) is 0 Å². The molecule has 0 unspecified atom stereocenters. The van der Waals surface area contributed by atoms with Crippen molar-refractivity contribution in [3.63, 3.8) is 0 Å². The molecule has 0 rings (SSSR count). The zero-order valence-electron chi connectivity index (χ0n) is 5.94. The fourth-order valence-corrected chi connectivity index (χ4v) is 0. The van der Waals surface area contributed by atoms with E-state index in [1.54, 1.807) is 13.0 Å². The molecule has 0 amide bonds. The highest BCUT2D eigenvalue weighted by molar-refractivity contribution is 6.46. The lowest BCUT2D eigenvalue weighted by Gasteiger charge is -2.04. The molecular weight excluding hydrogens is 194 g/mol. The second-order valence-electron chi connectivity index (χ2n) is 1.48. The van der Waals surface area contributed by atoms with Gasteiger partial charge in [0.25, 0.3) is 0 Å². The van der Waals surface area contributed by atoms with Crippen molar-refractivity contribution >= 4 is 34.8 Å². The van der Waals surface area contributed by atoms with Gasteiger partial charge in [0.15, 0.2) is 0 Å². The summed E-state index contributed by atoms with van der Waals surface area (Å²) in [5.74, 6) is 0. The molecule has 10 heavy (non-hydrogen) atoms. The molecule has 0 saturated heterocycles. The number of hydrogen-bond donors (Lipinski definition) is 1. The van der Waals surface area contributed by atoms with Gasteiger partial charge in [-0.1, -0.05) is 47.8 Å². The van der Waals surface area contributed by atoms with E-state index in [9.17, 15) is 0 Å². The third kappa shape index (κ3) is 23.5. The van der Waals surface area contributed by atoms with Crippen LogP contribution in [0.4, 0.5) is 0 Å². The Morgan fingerprint density at radius 1 is 1.50 bits per heavy atom. The fourth-order valence-electron chi connectivity index (χ4n) is 0. The Bertz CT molecular complexity index is 81.5. The number of aliphatic hydroxyl groups is 1. The van der Waals surface area contributed by atoms with Crippen molar-refractivity contribution in [1.29, 1.82) is 0 Å². The standard InChI is InChI=1S/C3H6Cl2O.C3H5Cl/c1-2-3(4,5)6;1-2-3-4/h6H,2H2,1H3;2-3H,1H3. The Morgan fingerprint density at radius 3 is 1.70 bits per heavy atom. The molecule has 0 heterocycles. The molecule has 0 aliphatic heterocycles. The van der Waals surface area contributed by atoms with Crippen molar-refractivity contribution in [3.8, 4) is 0 Å². The average Bonchev–Trinajstić information content (AvgIpc) is 1.87. The van der Waals surface area contributed by atoms with Crippen LogP contribution in [0, 0.1) is 0 Å². The minimum absolute atomic E-state index is 0.357. The van der Waals surface area contributed by atoms with Crippen molar-refractivity contribution in [2.24, 2.45) is 0 Å². The molecule has 0 radical (unpaired) electrons. The Kier molecular flexibility index (Phi) is 10.1. The van der Waals surface area contributed by atoms with Crippen molar-refractivity contribution in [3.05, 3.63) is 11.6 Å². The zero-order valence-corrected chi connectivity index (χ0v) is 8.21. The molecule has 0 bridgehead atoms. The first-order valence-corrected chi connectivity index (χ1v) is 3.98. The van der Waals surface area contributed by atoms with E-state index in [1.165, 1.54) is 5.54 Å². The lowest BCUT2D eigenvalue weighted by Crippen LogP contribution is -2.06. The Labute approximate surface area is 76.6 Å². The maximum atomic E-state index is 8.36. The molecule has 4 heteroatoms. The van der Waals surface area contributed by atoms with Crippen LogP contribution in [0.5, 0.6) is 0 Å². The highest BCUT2D eigenvalue weighted by Crippen LogP contribution is 2.19. The molecular formula is C6H11Cl3O. The van der Waals surface area contributed by atoms with Gasteiger partial charge in [-0.3, -0.25) is 0 Å². The van der Waals surface area contributed by atoms with Gasteiger partial charge < -0.3 is 5.11 Å². The molecule has 1 nitrogen and oxygen atoms in total. The van der Waals surface area contributed by atoms with E-state index in [4.69, 9.17) is 39.9 Å². The highest BCUT2D eigenvalue weighted by Gasteiger charge is 2.13. The van der Waals surface area contributed by atoms with Crippen LogP contribution < -0.4 is 0 Å². The maximum absolute atomic E-state index is 8.36. The van der Waals surface area contributed by atoms with E-state index in [1.807, 2.05) is 6.92 Å². The second kappa shape index (κ2) is 7.67. The molecule has 0 aromatic rings. The molecule has 1 N–H and O–H groups in total. The molecule has 0 spiro atoms. The quantitative estimate of drug-likeness (QED) is 0.652. The summed E-state index contributed by atoms with van der Waals surface area (Å²) < 4.78 is -1.51. The van der Waals surface area contributed by atoms with E-state index in [0.717, 1.165) is 0 Å². The van der Waals surface area contributed by atoms with Gasteiger partial charge in [-0.05, 0) is 12.5 Å². The minimum Gasteiger partial charge on any atom is -0.363 e. The normalized spacial score (nSPS) is 11.0. The molecule has 0 saturated carbocycles. The largest absolute Gasteiger partial charge is 0.363 e. The molecule has 0 aliphatic rings. The van der Waals surface area contributed by atoms with Gasteiger partial charge >= 0.3 is 0 Å². The number of halogens is 3. The van der Waals surface area contributed by atoms with Crippen LogP contribution in [-0.4, -0.2) is 9.63 Å². The van der Waals surface area contributed by atoms with E-state index in [2.05, 4.69) is 0 Å². The van der Waals surface area contributed by atoms with E-state index < -0.39 is 4.52 Å². The van der Waals surface area contributed by atoms with Crippen LogP contribution in [0.3, 0.4) is 0 Å². The lowest BCUT2D eigenvalue weighted by atomic mass is 10.5. The first kappa shape index (κ1) is 13.2. The van der Waals surface area contributed by atoms with Crippen LogP contribution in [0.2, 0.25) is 0 Å². The topological polar surface area (TPSA) is 20.2 Å². The summed E-state index contributed by atoms with van der Waals surface area (Å²) in [5, 5.41) is 8.36.